The van der Waals surface area contributed by atoms with E-state index in [1.54, 1.807) is 16.9 Å². The Morgan fingerprint density at radius 2 is 1.92 bits per heavy atom. The van der Waals surface area contributed by atoms with Crippen LogP contribution in [-0.2, 0) is 9.59 Å². The van der Waals surface area contributed by atoms with E-state index in [-0.39, 0.29) is 12.0 Å². The predicted octanol–water partition coefficient (Wildman–Crippen LogP) is 3.45. The van der Waals surface area contributed by atoms with E-state index in [9.17, 15) is 9.59 Å². The van der Waals surface area contributed by atoms with Crippen molar-refractivity contribution in [3.8, 4) is 11.6 Å². The van der Waals surface area contributed by atoms with Crippen LogP contribution in [0.25, 0.3) is 5.69 Å². The van der Waals surface area contributed by atoms with Crippen LogP contribution < -0.4 is 4.29 Å². The highest BCUT2D eigenvalue weighted by atomic mass is 35.5. The van der Waals surface area contributed by atoms with Gasteiger partial charge in [0.1, 0.15) is 11.9 Å². The largest absolute Gasteiger partial charge is 0.481 e. The Balaban J connectivity index is 0.000000187. The van der Waals surface area contributed by atoms with Crippen molar-refractivity contribution in [1.29, 1.82) is 0 Å². The number of nitrogens with zero attached hydrogens (tertiary/aromatic N) is 2. The molecule has 26 heavy (non-hydrogen) atoms. The molecule has 0 radical (unpaired) electrons. The number of hydrogen-bond donors (Lipinski definition) is 2. The van der Waals surface area contributed by atoms with Crippen LogP contribution in [0.15, 0.2) is 66.4 Å². The smallest absolute Gasteiger partial charge is 0.331 e. The molecule has 1 aliphatic rings. The lowest BCUT2D eigenvalue weighted by molar-refractivity contribution is -0.145. The molecule has 7 nitrogen and oxygen atoms in total. The summed E-state index contributed by atoms with van der Waals surface area (Å²) in [5, 5.41) is 21.5. The molecule has 0 saturated carbocycles. The molecule has 1 aromatic carbocycles. The average molecular weight is 377 g/mol. The Kier molecular flexibility index (Phi) is 6.19. The van der Waals surface area contributed by atoms with Gasteiger partial charge in [0.05, 0.1) is 11.1 Å². The molecule has 0 aliphatic heterocycles. The summed E-state index contributed by atoms with van der Waals surface area (Å²) in [4.78, 5) is 21.3. The maximum Gasteiger partial charge on any atom is 0.331 e. The third-order valence-electron chi connectivity index (χ3n) is 3.75. The minimum atomic E-state index is -1.08. The third kappa shape index (κ3) is 4.73. The van der Waals surface area contributed by atoms with Gasteiger partial charge in [-0.15, -0.1) is 5.10 Å². The number of allylic oxidation sites excluding steroid dienone is 2. The average Bonchev–Trinajstić information content (AvgIpc) is 3.12. The Morgan fingerprint density at radius 3 is 2.46 bits per heavy atom. The molecule has 2 N–H and O–H groups in total. The van der Waals surface area contributed by atoms with Gasteiger partial charge in [-0.3, -0.25) is 4.79 Å². The summed E-state index contributed by atoms with van der Waals surface area (Å²) in [7, 11) is 0. The van der Waals surface area contributed by atoms with Crippen LogP contribution in [0.3, 0.4) is 0 Å². The zero-order chi connectivity index (χ0) is 19.2. The molecule has 1 aromatic heterocycles. The van der Waals surface area contributed by atoms with Crippen LogP contribution in [0.1, 0.15) is 13.3 Å². The quantitative estimate of drug-likeness (QED) is 0.847. The molecule has 1 unspecified atom stereocenters. The van der Waals surface area contributed by atoms with Crippen molar-refractivity contribution >= 4 is 23.8 Å². The fourth-order valence-electron chi connectivity index (χ4n) is 2.26. The number of para-hydroxylation sites is 1. The van der Waals surface area contributed by atoms with E-state index in [1.807, 2.05) is 30.3 Å². The molecule has 2 aromatic rings. The zero-order valence-electron chi connectivity index (χ0n) is 13.9. The summed E-state index contributed by atoms with van der Waals surface area (Å²) in [5.74, 6) is -1.67. The van der Waals surface area contributed by atoms with Crippen molar-refractivity contribution in [1.82, 2.24) is 9.78 Å². The lowest BCUT2D eigenvalue weighted by atomic mass is 9.80. The third-order valence-corrected chi connectivity index (χ3v) is 3.90. The first kappa shape index (κ1) is 19.3. The van der Waals surface area contributed by atoms with Gasteiger partial charge in [-0.05, 0) is 25.5 Å². The van der Waals surface area contributed by atoms with Gasteiger partial charge in [0.15, 0.2) is 0 Å². The lowest BCUT2D eigenvalue weighted by Gasteiger charge is -2.23. The predicted molar refractivity (Wildman–Crippen MR) is 95.3 cm³/mol. The van der Waals surface area contributed by atoms with Gasteiger partial charge in [-0.25, -0.2) is 9.48 Å². The number of benzene rings is 1. The van der Waals surface area contributed by atoms with Crippen LogP contribution in [0.5, 0.6) is 5.88 Å². The van der Waals surface area contributed by atoms with Crippen molar-refractivity contribution in [3.63, 3.8) is 0 Å². The second kappa shape index (κ2) is 8.35. The van der Waals surface area contributed by atoms with Gasteiger partial charge >= 0.3 is 11.9 Å². The van der Waals surface area contributed by atoms with Crippen LogP contribution in [0.2, 0.25) is 0 Å². The van der Waals surface area contributed by atoms with Crippen LogP contribution in [0, 0.1) is 5.41 Å². The number of rotatable bonds is 4. The Bertz CT molecular complexity index is 844. The minimum absolute atomic E-state index is 0.0359. The molecule has 8 heteroatoms. The molecular formula is C18H17ClN2O5. The fourth-order valence-corrected chi connectivity index (χ4v) is 2.34. The van der Waals surface area contributed by atoms with E-state index < -0.39 is 17.4 Å². The monoisotopic (exact) mass is 376 g/mol. The SMILES string of the molecule is CC1(C(=O)O)C=CC=C(C(=O)O)C1.ClOc1ccn(-c2ccccc2)n1. The first-order valence-corrected chi connectivity index (χ1v) is 7.91. The van der Waals surface area contributed by atoms with E-state index in [0.29, 0.717) is 5.88 Å². The molecule has 3 rings (SSSR count). The van der Waals surface area contributed by atoms with E-state index >= 15 is 0 Å². The highest BCUT2D eigenvalue weighted by molar-refractivity contribution is 6.08. The molecule has 136 valence electrons. The number of carboxylic acid groups (broad SMARTS) is 2. The molecule has 0 saturated heterocycles. The molecule has 1 aliphatic carbocycles. The topological polar surface area (TPSA) is 102 Å². The molecule has 1 atom stereocenters. The summed E-state index contributed by atoms with van der Waals surface area (Å²) < 4.78 is 6.15. The number of hydrogen-bond acceptors (Lipinski definition) is 4. The molecule has 0 amide bonds. The standard InChI is InChI=1S/C9H7ClN2O.C9H10O4/c10-13-9-6-7-12(11-9)8-4-2-1-3-5-8;1-9(8(12)13)4-2-3-6(5-9)7(10)11/h1-7H;2-4H,5H2,1H3,(H,10,11)(H,12,13). The van der Waals surface area contributed by atoms with Gasteiger partial charge in [0.25, 0.3) is 5.88 Å². The second-order valence-electron chi connectivity index (χ2n) is 5.77. The van der Waals surface area contributed by atoms with Crippen LogP contribution in [-0.4, -0.2) is 31.9 Å². The maximum atomic E-state index is 10.8. The molecule has 0 spiro atoms. The number of carbonyl (C=O) groups is 2. The highest BCUT2D eigenvalue weighted by Gasteiger charge is 2.34. The van der Waals surface area contributed by atoms with Crippen molar-refractivity contribution < 1.29 is 24.1 Å². The summed E-state index contributed by atoms with van der Waals surface area (Å²) in [6.07, 6.45) is 6.22. The van der Waals surface area contributed by atoms with Gasteiger partial charge in [0, 0.05) is 17.8 Å². The van der Waals surface area contributed by atoms with Gasteiger partial charge < -0.3 is 14.5 Å². The van der Waals surface area contributed by atoms with Crippen LogP contribution >= 0.6 is 11.9 Å². The van der Waals surface area contributed by atoms with Crippen molar-refractivity contribution in [3.05, 3.63) is 66.4 Å². The summed E-state index contributed by atoms with van der Waals surface area (Å²) in [6.45, 7) is 1.50. The summed E-state index contributed by atoms with van der Waals surface area (Å²) in [5.41, 5.74) is 0.0255. The van der Waals surface area contributed by atoms with Crippen molar-refractivity contribution in [2.24, 2.45) is 5.41 Å². The minimum Gasteiger partial charge on any atom is -0.481 e. The second-order valence-corrected chi connectivity index (χ2v) is 5.92. The van der Waals surface area contributed by atoms with Gasteiger partial charge in [-0.1, -0.05) is 36.4 Å². The fraction of sp³-hybridized carbons (Fsp3) is 0.167. The lowest BCUT2D eigenvalue weighted by Crippen LogP contribution is -2.28. The van der Waals surface area contributed by atoms with E-state index in [2.05, 4.69) is 9.39 Å². The van der Waals surface area contributed by atoms with Gasteiger partial charge in [0.2, 0.25) is 0 Å². The van der Waals surface area contributed by atoms with E-state index in [0.717, 1.165) is 5.69 Å². The molecular weight excluding hydrogens is 360 g/mol. The maximum absolute atomic E-state index is 10.8. The molecule has 0 fully saturated rings. The first-order chi connectivity index (χ1) is 12.4. The summed E-state index contributed by atoms with van der Waals surface area (Å²) in [6, 6.07) is 11.4. The van der Waals surface area contributed by atoms with E-state index in [1.165, 1.54) is 25.2 Å². The summed E-state index contributed by atoms with van der Waals surface area (Å²) >= 11 is 5.15. The van der Waals surface area contributed by atoms with E-state index in [4.69, 9.17) is 22.1 Å². The van der Waals surface area contributed by atoms with Crippen molar-refractivity contribution in [2.45, 2.75) is 13.3 Å². The number of halogens is 1. The number of carboxylic acids is 2. The number of aliphatic carboxylic acids is 2. The van der Waals surface area contributed by atoms with Crippen LogP contribution in [0.4, 0.5) is 0 Å². The Labute approximate surface area is 155 Å². The first-order valence-electron chi connectivity index (χ1n) is 7.60. The van der Waals surface area contributed by atoms with Gasteiger partial charge in [-0.2, -0.15) is 0 Å². The molecule has 1 heterocycles. The Morgan fingerprint density at radius 1 is 1.23 bits per heavy atom. The highest BCUT2D eigenvalue weighted by Crippen LogP contribution is 2.31. The van der Waals surface area contributed by atoms with Crippen molar-refractivity contribution in [2.75, 3.05) is 0 Å². The normalized spacial score (nSPS) is 18.3. The zero-order valence-corrected chi connectivity index (χ0v) is 14.6. The Hall–Kier alpha value is -3.06. The number of aromatic nitrogens is 2. The molecule has 0 bridgehead atoms.